The number of nitrogens with zero attached hydrogens (tertiary/aromatic N) is 4. The van der Waals surface area contributed by atoms with Crippen LogP contribution in [-0.4, -0.2) is 48.0 Å². The number of benzene rings is 1. The Morgan fingerprint density at radius 3 is 2.77 bits per heavy atom. The van der Waals surface area contributed by atoms with Crippen LogP contribution in [0.3, 0.4) is 0 Å². The molecule has 164 valence electrons. The predicted molar refractivity (Wildman–Crippen MR) is 135 cm³/mol. The highest BCUT2D eigenvalue weighted by molar-refractivity contribution is 14.0. The lowest BCUT2D eigenvalue weighted by atomic mass is 9.94. The third-order valence-corrected chi connectivity index (χ3v) is 6.21. The zero-order valence-corrected chi connectivity index (χ0v) is 20.9. The Morgan fingerprint density at radius 2 is 2.00 bits per heavy atom. The zero-order valence-electron chi connectivity index (χ0n) is 18.6. The van der Waals surface area contributed by atoms with Crippen LogP contribution in [0.25, 0.3) is 0 Å². The Bertz CT molecular complexity index is 874. The maximum absolute atomic E-state index is 4.79. The lowest BCUT2D eigenvalue weighted by Crippen LogP contribution is -2.49. The van der Waals surface area contributed by atoms with Gasteiger partial charge < -0.3 is 15.5 Å². The minimum absolute atomic E-state index is 0. The number of nitrogens with one attached hydrogen (secondary N) is 2. The van der Waals surface area contributed by atoms with Gasteiger partial charge in [0.25, 0.3) is 0 Å². The monoisotopic (exact) mass is 522 g/mol. The number of aryl methyl sites for hydroxylation is 1. The molecule has 2 aromatic rings. The van der Waals surface area contributed by atoms with E-state index in [0.29, 0.717) is 18.1 Å². The number of guanidine groups is 1. The second-order valence-electron chi connectivity index (χ2n) is 8.63. The maximum Gasteiger partial charge on any atom is 0.191 e. The normalized spacial score (nSPS) is 19.2. The van der Waals surface area contributed by atoms with E-state index < -0.39 is 0 Å². The number of para-hydroxylation sites is 1. The molecule has 0 bridgehead atoms. The second-order valence-corrected chi connectivity index (χ2v) is 8.63. The summed E-state index contributed by atoms with van der Waals surface area (Å²) in [5.41, 5.74) is 5.48. The molecule has 1 aromatic heterocycles. The number of anilines is 1. The fourth-order valence-electron chi connectivity index (χ4n) is 4.46. The smallest absolute Gasteiger partial charge is 0.191 e. The van der Waals surface area contributed by atoms with E-state index in [2.05, 4.69) is 76.4 Å². The minimum atomic E-state index is 0. The van der Waals surface area contributed by atoms with Crippen LogP contribution >= 0.6 is 24.0 Å². The molecular formula is C23H35IN6. The number of fused-ring (bicyclic) bond motifs is 2. The van der Waals surface area contributed by atoms with Crippen molar-refractivity contribution in [2.75, 3.05) is 25.0 Å². The first-order chi connectivity index (χ1) is 14.0. The summed E-state index contributed by atoms with van der Waals surface area (Å²) in [4.78, 5) is 6.97. The first kappa shape index (κ1) is 22.9. The molecule has 0 spiro atoms. The molecule has 1 aromatic carbocycles. The number of aliphatic imine (C=N–C) groups is 1. The molecule has 7 heteroatoms. The summed E-state index contributed by atoms with van der Waals surface area (Å²) >= 11 is 0. The first-order valence-electron chi connectivity index (χ1n) is 10.9. The number of halogens is 1. The molecule has 2 aliphatic rings. The topological polar surface area (TPSA) is 57.5 Å². The SMILES string of the molecule is CN=C(NCC(C)N1CCc2ccccc21)NC1CCc2cn(C(C)C)nc2C1.I. The van der Waals surface area contributed by atoms with Gasteiger partial charge in [-0.3, -0.25) is 9.67 Å². The Kier molecular flexibility index (Phi) is 7.65. The highest BCUT2D eigenvalue weighted by Crippen LogP contribution is 2.29. The van der Waals surface area contributed by atoms with Gasteiger partial charge >= 0.3 is 0 Å². The van der Waals surface area contributed by atoms with Crippen LogP contribution in [0.5, 0.6) is 0 Å². The van der Waals surface area contributed by atoms with Gasteiger partial charge in [0.15, 0.2) is 5.96 Å². The van der Waals surface area contributed by atoms with E-state index in [4.69, 9.17) is 5.10 Å². The summed E-state index contributed by atoms with van der Waals surface area (Å²) in [6, 6.07) is 9.96. The molecule has 1 aliphatic heterocycles. The van der Waals surface area contributed by atoms with Crippen LogP contribution in [0.1, 0.15) is 50.1 Å². The van der Waals surface area contributed by atoms with E-state index in [1.807, 2.05) is 7.05 Å². The van der Waals surface area contributed by atoms with Crippen molar-refractivity contribution in [1.29, 1.82) is 0 Å². The fraction of sp³-hybridized carbons (Fsp3) is 0.565. The van der Waals surface area contributed by atoms with Crippen molar-refractivity contribution in [1.82, 2.24) is 20.4 Å². The summed E-state index contributed by atoms with van der Waals surface area (Å²) in [5.74, 6) is 0.890. The van der Waals surface area contributed by atoms with Gasteiger partial charge in [0.05, 0.1) is 5.69 Å². The molecule has 2 atom stereocenters. The summed E-state index contributed by atoms with van der Waals surface area (Å²) in [6.45, 7) is 8.61. The van der Waals surface area contributed by atoms with Crippen LogP contribution in [0.2, 0.25) is 0 Å². The number of aromatic nitrogens is 2. The standard InChI is InChI=1S/C23H34N6.HI/c1-16(2)29-15-19-9-10-20(13-21(19)27-29)26-23(24-4)25-14-17(3)28-12-11-18-7-5-6-8-22(18)28;/h5-8,15-17,20H,9-14H2,1-4H3,(H2,24,25,26);1H. The Labute approximate surface area is 197 Å². The van der Waals surface area contributed by atoms with Gasteiger partial charge in [-0.15, -0.1) is 24.0 Å². The third kappa shape index (κ3) is 4.92. The molecule has 0 fully saturated rings. The van der Waals surface area contributed by atoms with Gasteiger partial charge in [-0.2, -0.15) is 5.10 Å². The number of hydrogen-bond acceptors (Lipinski definition) is 3. The van der Waals surface area contributed by atoms with Gasteiger partial charge in [-0.1, -0.05) is 18.2 Å². The van der Waals surface area contributed by atoms with Crippen molar-refractivity contribution in [2.24, 2.45) is 4.99 Å². The van der Waals surface area contributed by atoms with Gasteiger partial charge in [0, 0.05) is 56.6 Å². The molecular weight excluding hydrogens is 487 g/mol. The van der Waals surface area contributed by atoms with E-state index in [9.17, 15) is 0 Å². The summed E-state index contributed by atoms with van der Waals surface area (Å²) in [6.07, 6.45) is 6.52. The van der Waals surface area contributed by atoms with Gasteiger partial charge in [-0.25, -0.2) is 0 Å². The average molecular weight is 522 g/mol. The molecule has 30 heavy (non-hydrogen) atoms. The van der Waals surface area contributed by atoms with Crippen molar-refractivity contribution in [3.05, 3.63) is 47.3 Å². The van der Waals surface area contributed by atoms with E-state index >= 15 is 0 Å². The molecule has 1 aliphatic carbocycles. The lowest BCUT2D eigenvalue weighted by molar-refractivity contribution is 0.498. The molecule has 2 unspecified atom stereocenters. The lowest BCUT2D eigenvalue weighted by Gasteiger charge is -2.29. The van der Waals surface area contributed by atoms with Crippen molar-refractivity contribution < 1.29 is 0 Å². The van der Waals surface area contributed by atoms with Crippen LogP contribution < -0.4 is 15.5 Å². The van der Waals surface area contributed by atoms with Crippen LogP contribution in [0.4, 0.5) is 5.69 Å². The molecule has 6 nitrogen and oxygen atoms in total. The molecule has 0 saturated heterocycles. The van der Waals surface area contributed by atoms with Crippen molar-refractivity contribution in [3.63, 3.8) is 0 Å². The maximum atomic E-state index is 4.79. The van der Waals surface area contributed by atoms with Crippen molar-refractivity contribution in [2.45, 2.75) is 64.6 Å². The number of hydrogen-bond donors (Lipinski definition) is 2. The first-order valence-corrected chi connectivity index (χ1v) is 10.9. The van der Waals surface area contributed by atoms with Crippen LogP contribution in [0.15, 0.2) is 35.5 Å². The summed E-state index contributed by atoms with van der Waals surface area (Å²) in [5, 5.41) is 12.0. The Hall–Kier alpha value is -1.77. The van der Waals surface area contributed by atoms with Crippen molar-refractivity contribution in [3.8, 4) is 0 Å². The van der Waals surface area contributed by atoms with Crippen molar-refractivity contribution >= 4 is 35.6 Å². The van der Waals surface area contributed by atoms with Gasteiger partial charge in [-0.05, 0) is 57.2 Å². The molecule has 0 amide bonds. The predicted octanol–water partition coefficient (Wildman–Crippen LogP) is 3.56. The minimum Gasteiger partial charge on any atom is -0.366 e. The van der Waals surface area contributed by atoms with E-state index in [0.717, 1.165) is 44.7 Å². The van der Waals surface area contributed by atoms with Gasteiger partial charge in [0.2, 0.25) is 0 Å². The Morgan fingerprint density at radius 1 is 1.20 bits per heavy atom. The molecule has 2 heterocycles. The largest absolute Gasteiger partial charge is 0.366 e. The van der Waals surface area contributed by atoms with Crippen LogP contribution in [0, 0.1) is 0 Å². The molecule has 0 radical (unpaired) electrons. The highest BCUT2D eigenvalue weighted by Gasteiger charge is 2.25. The number of rotatable bonds is 5. The molecule has 2 N–H and O–H groups in total. The summed E-state index contributed by atoms with van der Waals surface area (Å²) < 4.78 is 2.09. The second kappa shape index (κ2) is 10.0. The third-order valence-electron chi connectivity index (χ3n) is 6.21. The fourth-order valence-corrected chi connectivity index (χ4v) is 4.46. The quantitative estimate of drug-likeness (QED) is 0.359. The van der Waals surface area contributed by atoms with E-state index in [1.165, 1.54) is 22.5 Å². The zero-order chi connectivity index (χ0) is 20.4. The van der Waals surface area contributed by atoms with Gasteiger partial charge in [0.1, 0.15) is 0 Å². The Balaban J connectivity index is 0.00000256. The molecule has 0 saturated carbocycles. The average Bonchev–Trinajstić information content (AvgIpc) is 3.34. The summed E-state index contributed by atoms with van der Waals surface area (Å²) in [7, 11) is 1.85. The highest BCUT2D eigenvalue weighted by atomic mass is 127. The van der Waals surface area contributed by atoms with E-state index in [1.54, 1.807) is 0 Å². The van der Waals surface area contributed by atoms with E-state index in [-0.39, 0.29) is 24.0 Å². The molecule has 4 rings (SSSR count). The van der Waals surface area contributed by atoms with Crippen LogP contribution in [-0.2, 0) is 19.3 Å².